The van der Waals surface area contributed by atoms with Crippen LogP contribution < -0.4 is 0 Å². The number of aliphatic hydroxyl groups is 2. The molecule has 1 heterocycles. The van der Waals surface area contributed by atoms with Crippen LogP contribution in [0.15, 0.2) is 11.8 Å². The van der Waals surface area contributed by atoms with E-state index in [9.17, 15) is 24.6 Å². The maximum absolute atomic E-state index is 11.9. The highest BCUT2D eigenvalue weighted by Gasteiger charge is 2.65. The molecule has 8 nitrogen and oxygen atoms in total. The molecule has 0 aromatic carbocycles. The number of hydrogen-bond acceptors (Lipinski definition) is 8. The van der Waals surface area contributed by atoms with Crippen molar-refractivity contribution in [2.24, 2.45) is 11.8 Å². The summed E-state index contributed by atoms with van der Waals surface area (Å²) in [6.07, 6.45) is -1.90. The van der Waals surface area contributed by atoms with Crippen LogP contribution in [0.2, 0.25) is 0 Å². The molecule has 2 N–H and O–H groups in total. The van der Waals surface area contributed by atoms with E-state index < -0.39 is 47.6 Å². The summed E-state index contributed by atoms with van der Waals surface area (Å²) in [4.78, 5) is 34.7. The summed E-state index contributed by atoms with van der Waals surface area (Å²) < 4.78 is 14.2. The van der Waals surface area contributed by atoms with Gasteiger partial charge in [0.2, 0.25) is 0 Å². The van der Waals surface area contributed by atoms with Crippen molar-refractivity contribution < 1.29 is 38.8 Å². The lowest BCUT2D eigenvalue weighted by molar-refractivity contribution is -0.174. The van der Waals surface area contributed by atoms with Gasteiger partial charge >= 0.3 is 17.9 Å². The van der Waals surface area contributed by atoms with Crippen LogP contribution in [-0.4, -0.2) is 53.0 Å². The minimum absolute atomic E-state index is 0.0930. The van der Waals surface area contributed by atoms with Gasteiger partial charge in [0.25, 0.3) is 0 Å². The Morgan fingerprint density at radius 3 is 2.57 bits per heavy atom. The standard InChI is InChI=1S/C13H16O8/c1-5(14)21-10-9(15)7-6(11(16)19-3)4-20-12(17)8(7)13(10,2)18/h4,7-10,15,18H,1-3H3/t7-,8-,9+,10+,13-/m1/s1. The van der Waals surface area contributed by atoms with Crippen LogP contribution in [0.3, 0.4) is 0 Å². The van der Waals surface area contributed by atoms with Gasteiger partial charge in [0.15, 0.2) is 6.10 Å². The number of hydrogen-bond donors (Lipinski definition) is 2. The SMILES string of the molecule is COC(=O)C1=COC(=O)[C@H]2[C@@H]1[C@H](O)[C@H](OC(C)=O)[C@]2(C)O. The van der Waals surface area contributed by atoms with Crippen LogP contribution in [-0.2, 0) is 28.6 Å². The molecule has 8 heteroatoms. The van der Waals surface area contributed by atoms with E-state index in [-0.39, 0.29) is 5.57 Å². The molecule has 0 amide bonds. The van der Waals surface area contributed by atoms with Crippen LogP contribution in [0.5, 0.6) is 0 Å². The molecule has 1 aliphatic heterocycles. The Kier molecular flexibility index (Phi) is 3.77. The highest BCUT2D eigenvalue weighted by Crippen LogP contribution is 2.48. The summed E-state index contributed by atoms with van der Waals surface area (Å²) in [6.45, 7) is 2.36. The van der Waals surface area contributed by atoms with Gasteiger partial charge in [0, 0.05) is 12.8 Å². The molecule has 21 heavy (non-hydrogen) atoms. The number of carbonyl (C=O) groups is 3. The van der Waals surface area contributed by atoms with Gasteiger partial charge in [-0.1, -0.05) is 0 Å². The third-order valence-electron chi connectivity index (χ3n) is 3.87. The van der Waals surface area contributed by atoms with Crippen molar-refractivity contribution in [3.8, 4) is 0 Å². The van der Waals surface area contributed by atoms with E-state index in [2.05, 4.69) is 4.74 Å². The number of aliphatic hydroxyl groups excluding tert-OH is 1. The summed E-state index contributed by atoms with van der Waals surface area (Å²) in [6, 6.07) is 0. The maximum Gasteiger partial charge on any atom is 0.337 e. The summed E-state index contributed by atoms with van der Waals surface area (Å²) in [5, 5.41) is 20.8. The van der Waals surface area contributed by atoms with Crippen molar-refractivity contribution in [3.05, 3.63) is 11.8 Å². The van der Waals surface area contributed by atoms with Crippen molar-refractivity contribution in [1.29, 1.82) is 0 Å². The molecule has 0 radical (unpaired) electrons. The van der Waals surface area contributed by atoms with Crippen LogP contribution >= 0.6 is 0 Å². The Bertz CT molecular complexity index is 520. The molecule has 2 aliphatic rings. The number of cyclic esters (lactones) is 1. The van der Waals surface area contributed by atoms with Crippen molar-refractivity contribution in [2.45, 2.75) is 31.7 Å². The monoisotopic (exact) mass is 300 g/mol. The lowest BCUT2D eigenvalue weighted by Crippen LogP contribution is -2.48. The summed E-state index contributed by atoms with van der Waals surface area (Å²) in [5.74, 6) is -4.65. The summed E-state index contributed by atoms with van der Waals surface area (Å²) >= 11 is 0. The van der Waals surface area contributed by atoms with Gasteiger partial charge in [-0.15, -0.1) is 0 Å². The first-order valence-corrected chi connectivity index (χ1v) is 6.28. The van der Waals surface area contributed by atoms with Gasteiger partial charge in [-0.05, 0) is 6.92 Å². The van der Waals surface area contributed by atoms with Gasteiger partial charge in [-0.2, -0.15) is 0 Å². The van der Waals surface area contributed by atoms with Crippen LogP contribution in [0.4, 0.5) is 0 Å². The quantitative estimate of drug-likeness (QED) is 0.486. The summed E-state index contributed by atoms with van der Waals surface area (Å²) in [7, 11) is 1.14. The molecular weight excluding hydrogens is 284 g/mol. The number of carbonyl (C=O) groups excluding carboxylic acids is 3. The van der Waals surface area contributed by atoms with Crippen molar-refractivity contribution >= 4 is 17.9 Å². The lowest BCUT2D eigenvalue weighted by Gasteiger charge is -2.31. The predicted molar refractivity (Wildman–Crippen MR) is 65.4 cm³/mol. The van der Waals surface area contributed by atoms with Gasteiger partial charge in [0.1, 0.15) is 18.0 Å². The molecule has 5 atom stereocenters. The predicted octanol–water partition coefficient (Wildman–Crippen LogP) is -1.11. The maximum atomic E-state index is 11.9. The van der Waals surface area contributed by atoms with E-state index in [0.29, 0.717) is 0 Å². The summed E-state index contributed by atoms with van der Waals surface area (Å²) in [5.41, 5.74) is -1.97. The highest BCUT2D eigenvalue weighted by atomic mass is 16.6. The second kappa shape index (κ2) is 5.12. The Hall–Kier alpha value is -1.93. The minimum atomic E-state index is -1.87. The highest BCUT2D eigenvalue weighted by molar-refractivity contribution is 5.92. The van der Waals surface area contributed by atoms with Crippen molar-refractivity contribution in [1.82, 2.24) is 0 Å². The third kappa shape index (κ3) is 2.30. The molecule has 0 saturated heterocycles. The van der Waals surface area contributed by atoms with Gasteiger partial charge in [-0.3, -0.25) is 9.59 Å². The fourth-order valence-corrected chi connectivity index (χ4v) is 2.96. The van der Waals surface area contributed by atoms with E-state index in [1.807, 2.05) is 0 Å². The lowest BCUT2D eigenvalue weighted by atomic mass is 9.81. The first-order chi connectivity index (χ1) is 9.71. The first kappa shape index (κ1) is 15.5. The number of esters is 3. The largest absolute Gasteiger partial charge is 0.466 e. The molecule has 0 aromatic heterocycles. The first-order valence-electron chi connectivity index (χ1n) is 6.28. The molecular formula is C13H16O8. The topological polar surface area (TPSA) is 119 Å². The zero-order valence-electron chi connectivity index (χ0n) is 11.7. The number of rotatable bonds is 2. The second-order valence-corrected chi connectivity index (χ2v) is 5.25. The molecule has 0 bridgehead atoms. The molecule has 2 rings (SSSR count). The fourth-order valence-electron chi connectivity index (χ4n) is 2.96. The minimum Gasteiger partial charge on any atom is -0.466 e. The smallest absolute Gasteiger partial charge is 0.337 e. The zero-order chi connectivity index (χ0) is 15.9. The molecule has 0 aromatic rings. The average Bonchev–Trinajstić information content (AvgIpc) is 2.60. The van der Waals surface area contributed by atoms with Crippen LogP contribution in [0, 0.1) is 11.8 Å². The zero-order valence-corrected chi connectivity index (χ0v) is 11.7. The number of fused-ring (bicyclic) bond motifs is 1. The van der Waals surface area contributed by atoms with Crippen molar-refractivity contribution in [3.63, 3.8) is 0 Å². The Balaban J connectivity index is 2.46. The van der Waals surface area contributed by atoms with E-state index in [4.69, 9.17) is 9.47 Å². The molecule has 1 aliphatic carbocycles. The molecule has 0 unspecified atom stereocenters. The molecule has 0 spiro atoms. The molecule has 1 fully saturated rings. The van der Waals surface area contributed by atoms with Gasteiger partial charge in [-0.25, -0.2) is 4.79 Å². The fraction of sp³-hybridized carbons (Fsp3) is 0.615. The van der Waals surface area contributed by atoms with E-state index in [1.54, 1.807) is 0 Å². The van der Waals surface area contributed by atoms with Crippen LogP contribution in [0.25, 0.3) is 0 Å². The number of ether oxygens (including phenoxy) is 3. The van der Waals surface area contributed by atoms with Gasteiger partial charge in [0.05, 0.1) is 18.6 Å². The normalized spacial score (nSPS) is 38.1. The third-order valence-corrected chi connectivity index (χ3v) is 3.87. The molecule has 1 saturated carbocycles. The number of methoxy groups -OCH3 is 1. The van der Waals surface area contributed by atoms with E-state index in [0.717, 1.165) is 20.3 Å². The van der Waals surface area contributed by atoms with Gasteiger partial charge < -0.3 is 24.4 Å². The van der Waals surface area contributed by atoms with E-state index >= 15 is 0 Å². The average molecular weight is 300 g/mol. The van der Waals surface area contributed by atoms with Crippen molar-refractivity contribution in [2.75, 3.05) is 7.11 Å². The molecule has 116 valence electrons. The Morgan fingerprint density at radius 1 is 1.43 bits per heavy atom. The Labute approximate surface area is 120 Å². The van der Waals surface area contributed by atoms with Crippen LogP contribution in [0.1, 0.15) is 13.8 Å². The Morgan fingerprint density at radius 2 is 2.05 bits per heavy atom. The second-order valence-electron chi connectivity index (χ2n) is 5.25. The van der Waals surface area contributed by atoms with E-state index in [1.165, 1.54) is 6.92 Å².